The Bertz CT molecular complexity index is 220. The van der Waals surface area contributed by atoms with Crippen LogP contribution in [0.1, 0.15) is 32.0 Å². The van der Waals surface area contributed by atoms with Crippen LogP contribution in [0.2, 0.25) is 0 Å². The first-order chi connectivity index (χ1) is 5.70. The monoisotopic (exact) mass is 165 g/mol. The van der Waals surface area contributed by atoms with Gasteiger partial charge in [-0.15, -0.1) is 0 Å². The Morgan fingerprint density at radius 1 is 1.42 bits per heavy atom. The van der Waals surface area contributed by atoms with E-state index in [1.807, 2.05) is 0 Å². The molecule has 3 nitrogen and oxygen atoms in total. The Morgan fingerprint density at radius 2 is 2.17 bits per heavy atom. The summed E-state index contributed by atoms with van der Waals surface area (Å²) < 4.78 is 0. The Hall–Kier alpha value is -0.960. The molecule has 1 rings (SSSR count). The van der Waals surface area contributed by atoms with Gasteiger partial charge >= 0.3 is 0 Å². The van der Waals surface area contributed by atoms with Crippen LogP contribution in [0.3, 0.4) is 0 Å². The number of nitrogens with zero attached hydrogens (tertiary/aromatic N) is 2. The molecule has 0 aliphatic rings. The highest BCUT2D eigenvalue weighted by molar-refractivity contribution is 5.00. The molecule has 3 heteroatoms. The van der Waals surface area contributed by atoms with E-state index in [0.717, 1.165) is 12.1 Å². The average Bonchev–Trinajstić information content (AvgIpc) is 2.05. The molecular formula is C9H15N3. The summed E-state index contributed by atoms with van der Waals surface area (Å²) in [6.45, 7) is 4.30. The maximum absolute atomic E-state index is 5.89. The van der Waals surface area contributed by atoms with E-state index < -0.39 is 0 Å². The van der Waals surface area contributed by atoms with Gasteiger partial charge in [0.05, 0.1) is 5.69 Å². The maximum Gasteiger partial charge on any atom is 0.0753 e. The summed E-state index contributed by atoms with van der Waals surface area (Å²) in [5.74, 6) is 0.599. The van der Waals surface area contributed by atoms with Crippen molar-refractivity contribution in [2.75, 3.05) is 0 Å². The standard InChI is InChI=1S/C9H15N3/c1-7(2)5-8(10)9-6-11-3-4-12-9/h3-4,6-8H,5,10H2,1-2H3. The van der Waals surface area contributed by atoms with Gasteiger partial charge in [-0.3, -0.25) is 9.97 Å². The Labute approximate surface area is 73.0 Å². The fourth-order valence-electron chi connectivity index (χ4n) is 1.13. The van der Waals surface area contributed by atoms with E-state index in [9.17, 15) is 0 Å². The first-order valence-electron chi connectivity index (χ1n) is 4.21. The van der Waals surface area contributed by atoms with Crippen molar-refractivity contribution >= 4 is 0 Å². The zero-order chi connectivity index (χ0) is 8.97. The molecule has 0 amide bonds. The second-order valence-corrected chi connectivity index (χ2v) is 3.37. The molecule has 0 fully saturated rings. The second kappa shape index (κ2) is 4.16. The van der Waals surface area contributed by atoms with Crippen LogP contribution >= 0.6 is 0 Å². The normalized spacial score (nSPS) is 13.3. The Balaban J connectivity index is 2.59. The minimum Gasteiger partial charge on any atom is -0.323 e. The molecule has 1 unspecified atom stereocenters. The molecule has 1 aromatic heterocycles. The summed E-state index contributed by atoms with van der Waals surface area (Å²) >= 11 is 0. The second-order valence-electron chi connectivity index (χ2n) is 3.37. The Morgan fingerprint density at radius 3 is 2.67 bits per heavy atom. The minimum atomic E-state index is 0.0266. The molecule has 0 aromatic carbocycles. The van der Waals surface area contributed by atoms with Gasteiger partial charge in [0.25, 0.3) is 0 Å². The van der Waals surface area contributed by atoms with Crippen molar-refractivity contribution in [3.05, 3.63) is 24.3 Å². The van der Waals surface area contributed by atoms with Crippen molar-refractivity contribution < 1.29 is 0 Å². The van der Waals surface area contributed by atoms with Crippen LogP contribution in [0.25, 0.3) is 0 Å². The molecule has 0 aliphatic heterocycles. The molecule has 1 aromatic rings. The molecule has 1 heterocycles. The van der Waals surface area contributed by atoms with Crippen LogP contribution in [0.5, 0.6) is 0 Å². The van der Waals surface area contributed by atoms with Gasteiger partial charge in [0.15, 0.2) is 0 Å². The first kappa shape index (κ1) is 9.13. The van der Waals surface area contributed by atoms with Gasteiger partial charge < -0.3 is 5.73 Å². The van der Waals surface area contributed by atoms with Crippen molar-refractivity contribution in [2.45, 2.75) is 26.3 Å². The lowest BCUT2D eigenvalue weighted by atomic mass is 10.0. The van der Waals surface area contributed by atoms with E-state index >= 15 is 0 Å². The van der Waals surface area contributed by atoms with Gasteiger partial charge in [-0.25, -0.2) is 0 Å². The minimum absolute atomic E-state index is 0.0266. The zero-order valence-corrected chi connectivity index (χ0v) is 7.57. The highest BCUT2D eigenvalue weighted by Crippen LogP contribution is 2.14. The van der Waals surface area contributed by atoms with Crippen molar-refractivity contribution in [1.82, 2.24) is 9.97 Å². The van der Waals surface area contributed by atoms with Crippen molar-refractivity contribution in [1.29, 1.82) is 0 Å². The molecule has 12 heavy (non-hydrogen) atoms. The number of aromatic nitrogens is 2. The van der Waals surface area contributed by atoms with Crippen LogP contribution in [0.15, 0.2) is 18.6 Å². The van der Waals surface area contributed by atoms with E-state index in [2.05, 4.69) is 23.8 Å². The number of hydrogen-bond acceptors (Lipinski definition) is 3. The Kier molecular flexibility index (Phi) is 3.17. The smallest absolute Gasteiger partial charge is 0.0753 e. The lowest BCUT2D eigenvalue weighted by molar-refractivity contribution is 0.501. The lowest BCUT2D eigenvalue weighted by Gasteiger charge is -2.12. The molecule has 66 valence electrons. The number of rotatable bonds is 3. The first-order valence-corrected chi connectivity index (χ1v) is 4.21. The molecule has 0 aliphatic carbocycles. The van der Waals surface area contributed by atoms with E-state index in [1.165, 1.54) is 0 Å². The van der Waals surface area contributed by atoms with Gasteiger partial charge in [-0.2, -0.15) is 0 Å². The zero-order valence-electron chi connectivity index (χ0n) is 7.57. The topological polar surface area (TPSA) is 51.8 Å². The molecule has 0 radical (unpaired) electrons. The van der Waals surface area contributed by atoms with Crippen LogP contribution in [0, 0.1) is 5.92 Å². The molecule has 2 N–H and O–H groups in total. The molecular weight excluding hydrogens is 150 g/mol. The van der Waals surface area contributed by atoms with Crippen LogP contribution in [-0.2, 0) is 0 Å². The summed E-state index contributed by atoms with van der Waals surface area (Å²) in [7, 11) is 0. The molecule has 0 saturated carbocycles. The summed E-state index contributed by atoms with van der Waals surface area (Å²) in [5, 5.41) is 0. The molecule has 0 bridgehead atoms. The van der Waals surface area contributed by atoms with Crippen LogP contribution in [-0.4, -0.2) is 9.97 Å². The van der Waals surface area contributed by atoms with E-state index in [4.69, 9.17) is 5.73 Å². The SMILES string of the molecule is CC(C)CC(N)c1cnccn1. The third kappa shape index (κ3) is 2.58. The van der Waals surface area contributed by atoms with E-state index in [0.29, 0.717) is 5.92 Å². The van der Waals surface area contributed by atoms with Crippen LogP contribution in [0.4, 0.5) is 0 Å². The highest BCUT2D eigenvalue weighted by Gasteiger charge is 2.08. The quantitative estimate of drug-likeness (QED) is 0.738. The third-order valence-corrected chi connectivity index (χ3v) is 1.69. The van der Waals surface area contributed by atoms with Crippen molar-refractivity contribution in [2.24, 2.45) is 11.7 Å². The van der Waals surface area contributed by atoms with Gasteiger partial charge in [0.2, 0.25) is 0 Å². The van der Waals surface area contributed by atoms with Gasteiger partial charge in [0.1, 0.15) is 0 Å². The highest BCUT2D eigenvalue weighted by atomic mass is 14.8. The largest absolute Gasteiger partial charge is 0.323 e. The van der Waals surface area contributed by atoms with E-state index in [-0.39, 0.29) is 6.04 Å². The summed E-state index contributed by atoms with van der Waals surface area (Å²) in [4.78, 5) is 8.11. The summed E-state index contributed by atoms with van der Waals surface area (Å²) in [6.07, 6.45) is 6.02. The fourth-order valence-corrected chi connectivity index (χ4v) is 1.13. The fraction of sp³-hybridized carbons (Fsp3) is 0.556. The summed E-state index contributed by atoms with van der Waals surface area (Å²) in [5.41, 5.74) is 6.77. The van der Waals surface area contributed by atoms with Gasteiger partial charge in [0, 0.05) is 24.6 Å². The summed E-state index contributed by atoms with van der Waals surface area (Å²) in [6, 6.07) is 0.0266. The van der Waals surface area contributed by atoms with E-state index in [1.54, 1.807) is 18.6 Å². The molecule has 0 saturated heterocycles. The molecule has 0 spiro atoms. The number of hydrogen-bond donors (Lipinski definition) is 1. The predicted octanol–water partition coefficient (Wildman–Crippen LogP) is 1.52. The average molecular weight is 165 g/mol. The number of nitrogens with two attached hydrogens (primary N) is 1. The third-order valence-electron chi connectivity index (χ3n) is 1.69. The molecule has 1 atom stereocenters. The van der Waals surface area contributed by atoms with Crippen LogP contribution < -0.4 is 5.73 Å². The lowest BCUT2D eigenvalue weighted by Crippen LogP contribution is -2.14. The predicted molar refractivity (Wildman–Crippen MR) is 48.4 cm³/mol. The van der Waals surface area contributed by atoms with Gasteiger partial charge in [-0.1, -0.05) is 13.8 Å². The maximum atomic E-state index is 5.89. The van der Waals surface area contributed by atoms with Crippen molar-refractivity contribution in [3.8, 4) is 0 Å². The van der Waals surface area contributed by atoms with Gasteiger partial charge in [-0.05, 0) is 12.3 Å². The van der Waals surface area contributed by atoms with Crippen molar-refractivity contribution in [3.63, 3.8) is 0 Å².